The summed E-state index contributed by atoms with van der Waals surface area (Å²) in [6.45, 7) is 0.249. The Bertz CT molecular complexity index is 843. The van der Waals surface area contributed by atoms with Gasteiger partial charge in [-0.3, -0.25) is 4.99 Å². The molecule has 0 spiro atoms. The molecule has 0 aromatic heterocycles. The highest BCUT2D eigenvalue weighted by Gasteiger charge is 2.13. The summed E-state index contributed by atoms with van der Waals surface area (Å²) in [6, 6.07) is 10.9. The van der Waals surface area contributed by atoms with Crippen LogP contribution < -0.4 is 24.8 Å². The lowest BCUT2D eigenvalue weighted by molar-refractivity contribution is -0.0504. The molecule has 1 aliphatic heterocycles. The van der Waals surface area contributed by atoms with Crippen molar-refractivity contribution in [2.45, 2.75) is 26.5 Å². The van der Waals surface area contributed by atoms with Gasteiger partial charge in [-0.25, -0.2) is 0 Å². The number of aryl methyl sites for hydroxylation is 1. The highest BCUT2D eigenvalue weighted by atomic mass is 19.3. The third-order valence-corrected chi connectivity index (χ3v) is 4.25. The van der Waals surface area contributed by atoms with Gasteiger partial charge in [0.25, 0.3) is 0 Å². The molecule has 3 rings (SSSR count). The molecule has 0 fully saturated rings. The van der Waals surface area contributed by atoms with Crippen LogP contribution in [0.4, 0.5) is 8.78 Å². The Kier molecular flexibility index (Phi) is 6.52. The van der Waals surface area contributed by atoms with Crippen molar-refractivity contribution in [3.05, 3.63) is 53.1 Å². The van der Waals surface area contributed by atoms with Crippen LogP contribution in [-0.4, -0.2) is 33.0 Å². The van der Waals surface area contributed by atoms with Gasteiger partial charge >= 0.3 is 6.61 Å². The van der Waals surface area contributed by atoms with Gasteiger partial charge in [0, 0.05) is 25.7 Å². The van der Waals surface area contributed by atoms with Crippen LogP contribution in [0.25, 0.3) is 0 Å². The Morgan fingerprint density at radius 1 is 1.14 bits per heavy atom. The number of guanidine groups is 1. The predicted octanol–water partition coefficient (Wildman–Crippen LogP) is 3.23. The van der Waals surface area contributed by atoms with Crippen molar-refractivity contribution in [2.24, 2.45) is 4.99 Å². The highest BCUT2D eigenvalue weighted by Crippen LogP contribution is 2.32. The van der Waals surface area contributed by atoms with E-state index in [4.69, 9.17) is 9.47 Å². The second-order valence-electron chi connectivity index (χ2n) is 6.28. The largest absolute Gasteiger partial charge is 0.454 e. The fourth-order valence-corrected chi connectivity index (χ4v) is 2.88. The van der Waals surface area contributed by atoms with E-state index in [1.54, 1.807) is 19.2 Å². The lowest BCUT2D eigenvalue weighted by atomic mass is 10.1. The summed E-state index contributed by atoms with van der Waals surface area (Å²) in [5, 5.41) is 6.33. The minimum atomic E-state index is -2.86. The standard InChI is InChI=1S/C20H23F2N3O3/c1-13-3-5-16(28-19(21)22)15(9-13)11-25-20(23-2)24-8-7-14-4-6-17-18(10-14)27-12-26-17/h3-6,9-10,19H,7-8,11-12H2,1-2H3,(H2,23,24,25). The van der Waals surface area contributed by atoms with Crippen molar-refractivity contribution in [2.75, 3.05) is 20.4 Å². The van der Waals surface area contributed by atoms with Crippen molar-refractivity contribution >= 4 is 5.96 Å². The Morgan fingerprint density at radius 3 is 2.75 bits per heavy atom. The zero-order valence-electron chi connectivity index (χ0n) is 15.8. The zero-order chi connectivity index (χ0) is 19.9. The molecule has 0 saturated carbocycles. The third kappa shape index (κ3) is 5.25. The molecule has 0 atom stereocenters. The molecule has 0 amide bonds. The molecule has 8 heteroatoms. The van der Waals surface area contributed by atoms with E-state index in [2.05, 4.69) is 20.4 Å². The average molecular weight is 391 g/mol. The van der Waals surface area contributed by atoms with Crippen molar-refractivity contribution in [3.63, 3.8) is 0 Å². The van der Waals surface area contributed by atoms with Gasteiger partial charge < -0.3 is 24.8 Å². The summed E-state index contributed by atoms with van der Waals surface area (Å²) in [5.41, 5.74) is 2.71. The number of benzene rings is 2. The first-order valence-corrected chi connectivity index (χ1v) is 8.92. The van der Waals surface area contributed by atoms with Crippen LogP contribution in [0.2, 0.25) is 0 Å². The first kappa shape index (κ1) is 19.7. The summed E-state index contributed by atoms with van der Waals surface area (Å²) < 4.78 is 40.4. The van der Waals surface area contributed by atoms with Gasteiger partial charge in [0.1, 0.15) is 5.75 Å². The van der Waals surface area contributed by atoms with Crippen LogP contribution in [0.1, 0.15) is 16.7 Å². The SMILES string of the molecule is CN=C(NCCc1ccc2c(c1)OCO2)NCc1cc(C)ccc1OC(F)F. The maximum absolute atomic E-state index is 12.6. The van der Waals surface area contributed by atoms with E-state index in [1.807, 2.05) is 31.2 Å². The van der Waals surface area contributed by atoms with Crippen molar-refractivity contribution < 1.29 is 23.0 Å². The van der Waals surface area contributed by atoms with Crippen molar-refractivity contribution in [3.8, 4) is 17.2 Å². The maximum Gasteiger partial charge on any atom is 0.387 e. The number of fused-ring (bicyclic) bond motifs is 1. The normalized spacial score (nSPS) is 13.0. The molecule has 6 nitrogen and oxygen atoms in total. The molecular formula is C20H23F2N3O3. The van der Waals surface area contributed by atoms with Gasteiger partial charge in [-0.05, 0) is 37.1 Å². The van der Waals surface area contributed by atoms with E-state index in [1.165, 1.54) is 0 Å². The Labute approximate surface area is 162 Å². The molecule has 2 aromatic rings. The van der Waals surface area contributed by atoms with Crippen LogP contribution in [0, 0.1) is 6.92 Å². The fraction of sp³-hybridized carbons (Fsp3) is 0.350. The number of nitrogens with zero attached hydrogens (tertiary/aromatic N) is 1. The van der Waals surface area contributed by atoms with E-state index < -0.39 is 6.61 Å². The maximum atomic E-state index is 12.6. The number of aliphatic imine (C=N–C) groups is 1. The minimum Gasteiger partial charge on any atom is -0.454 e. The monoisotopic (exact) mass is 391 g/mol. The highest BCUT2D eigenvalue weighted by molar-refractivity contribution is 5.79. The van der Waals surface area contributed by atoms with Crippen LogP contribution >= 0.6 is 0 Å². The van der Waals surface area contributed by atoms with Gasteiger partial charge in [0.15, 0.2) is 17.5 Å². The van der Waals surface area contributed by atoms with Crippen LogP contribution in [0.5, 0.6) is 17.2 Å². The minimum absolute atomic E-state index is 0.156. The second-order valence-corrected chi connectivity index (χ2v) is 6.28. The number of hydrogen-bond donors (Lipinski definition) is 2. The zero-order valence-corrected chi connectivity index (χ0v) is 15.8. The Balaban J connectivity index is 1.52. The molecular weight excluding hydrogens is 368 g/mol. The number of rotatable bonds is 7. The van der Waals surface area contributed by atoms with Gasteiger partial charge in [0.05, 0.1) is 0 Å². The van der Waals surface area contributed by atoms with Crippen LogP contribution in [0.3, 0.4) is 0 Å². The Morgan fingerprint density at radius 2 is 1.96 bits per heavy atom. The fourth-order valence-electron chi connectivity index (χ4n) is 2.88. The summed E-state index contributed by atoms with van der Waals surface area (Å²) in [5.74, 6) is 2.24. The molecule has 2 N–H and O–H groups in total. The lowest BCUT2D eigenvalue weighted by Gasteiger charge is -2.15. The smallest absolute Gasteiger partial charge is 0.387 e. The number of halogens is 2. The van der Waals surface area contributed by atoms with E-state index in [-0.39, 0.29) is 12.5 Å². The van der Waals surface area contributed by atoms with Crippen LogP contribution in [0.15, 0.2) is 41.4 Å². The van der Waals surface area contributed by atoms with E-state index in [0.717, 1.165) is 29.0 Å². The van der Waals surface area contributed by atoms with E-state index in [9.17, 15) is 8.78 Å². The molecule has 0 unspecified atom stereocenters. The molecule has 1 aliphatic rings. The van der Waals surface area contributed by atoms with Gasteiger partial charge in [-0.15, -0.1) is 0 Å². The van der Waals surface area contributed by atoms with Gasteiger partial charge in [-0.2, -0.15) is 8.78 Å². The summed E-state index contributed by atoms with van der Waals surface area (Å²) in [4.78, 5) is 4.17. The topological polar surface area (TPSA) is 64.1 Å². The third-order valence-electron chi connectivity index (χ3n) is 4.25. The molecule has 0 bridgehead atoms. The molecule has 0 aliphatic carbocycles. The molecule has 0 saturated heterocycles. The predicted molar refractivity (Wildman–Crippen MR) is 102 cm³/mol. The quantitative estimate of drug-likeness (QED) is 0.561. The molecule has 2 aromatic carbocycles. The first-order chi connectivity index (χ1) is 13.5. The average Bonchev–Trinajstić information content (AvgIpc) is 3.14. The number of hydrogen-bond acceptors (Lipinski definition) is 4. The summed E-state index contributed by atoms with van der Waals surface area (Å²) in [6.07, 6.45) is 0.765. The first-order valence-electron chi connectivity index (χ1n) is 8.92. The molecule has 150 valence electrons. The molecule has 1 heterocycles. The van der Waals surface area contributed by atoms with Crippen molar-refractivity contribution in [1.82, 2.24) is 10.6 Å². The van der Waals surface area contributed by atoms with E-state index in [0.29, 0.717) is 24.6 Å². The van der Waals surface area contributed by atoms with E-state index >= 15 is 0 Å². The Hall–Kier alpha value is -3.03. The van der Waals surface area contributed by atoms with Crippen LogP contribution in [-0.2, 0) is 13.0 Å². The molecule has 28 heavy (non-hydrogen) atoms. The number of alkyl halides is 2. The summed E-state index contributed by atoms with van der Waals surface area (Å²) >= 11 is 0. The lowest BCUT2D eigenvalue weighted by Crippen LogP contribution is -2.38. The number of nitrogens with one attached hydrogen (secondary N) is 2. The summed E-state index contributed by atoms with van der Waals surface area (Å²) in [7, 11) is 1.66. The van der Waals surface area contributed by atoms with Crippen molar-refractivity contribution in [1.29, 1.82) is 0 Å². The molecule has 0 radical (unpaired) electrons. The second kappa shape index (κ2) is 9.25. The van der Waals surface area contributed by atoms with Gasteiger partial charge in [-0.1, -0.05) is 23.8 Å². The number of ether oxygens (including phenoxy) is 3. The van der Waals surface area contributed by atoms with Gasteiger partial charge in [0.2, 0.25) is 6.79 Å².